The molecule has 1 heterocycles. The van der Waals surface area contributed by atoms with Gasteiger partial charge in [-0.25, -0.2) is 0 Å². The van der Waals surface area contributed by atoms with Gasteiger partial charge in [-0.3, -0.25) is 0 Å². The summed E-state index contributed by atoms with van der Waals surface area (Å²) < 4.78 is 2.46. The minimum absolute atomic E-state index is 0. The molecule has 1 aromatic heterocycles. The topological polar surface area (TPSA) is 8.17 Å². The molecule has 1 atom stereocenters. The van der Waals surface area contributed by atoms with Gasteiger partial charge in [0, 0.05) is 18.3 Å². The predicted molar refractivity (Wildman–Crippen MR) is 118 cm³/mol. The second-order valence-electron chi connectivity index (χ2n) is 6.66. The van der Waals surface area contributed by atoms with E-state index in [-0.39, 0.29) is 30.4 Å². The van der Waals surface area contributed by atoms with Crippen LogP contribution in [0.25, 0.3) is 10.9 Å². The first kappa shape index (κ1) is 22.6. The molecular weight excluding hydrogens is 363 g/mol. The maximum absolute atomic E-state index is 2.51. The number of hydrogen-bond donors (Lipinski definition) is 0. The molecule has 2 nitrogen and oxygen atoms in total. The van der Waals surface area contributed by atoms with Gasteiger partial charge in [0.15, 0.2) is 0 Å². The molecule has 0 fully saturated rings. The highest BCUT2D eigenvalue weighted by Gasteiger charge is 2.29. The lowest BCUT2D eigenvalue weighted by molar-refractivity contribution is 0.249. The van der Waals surface area contributed by atoms with Gasteiger partial charge in [-0.1, -0.05) is 62.4 Å². The Morgan fingerprint density at radius 1 is 0.846 bits per heavy atom. The number of para-hydroxylation sites is 1. The number of fused-ring (bicyclic) bond motifs is 1. The van der Waals surface area contributed by atoms with Crippen molar-refractivity contribution >= 4 is 35.7 Å². The van der Waals surface area contributed by atoms with Crippen LogP contribution >= 0.6 is 24.8 Å². The highest BCUT2D eigenvalue weighted by atomic mass is 35.5. The number of nitrogens with zero attached hydrogens (tertiary/aromatic N) is 2. The molecule has 0 radical (unpaired) electrons. The van der Waals surface area contributed by atoms with Crippen LogP contribution < -0.4 is 0 Å². The molecule has 0 amide bonds. The maximum Gasteiger partial charge on any atom is 0.0680 e. The van der Waals surface area contributed by atoms with Crippen molar-refractivity contribution in [1.82, 2.24) is 9.47 Å². The van der Waals surface area contributed by atoms with Crippen molar-refractivity contribution in [1.29, 1.82) is 0 Å². The number of aromatic nitrogens is 1. The van der Waals surface area contributed by atoms with E-state index in [4.69, 9.17) is 0 Å². The van der Waals surface area contributed by atoms with Crippen LogP contribution in [0, 0.1) is 0 Å². The second kappa shape index (κ2) is 10.0. The van der Waals surface area contributed by atoms with Gasteiger partial charge in [-0.2, -0.15) is 0 Å². The number of halogens is 2. The van der Waals surface area contributed by atoms with E-state index >= 15 is 0 Å². The van der Waals surface area contributed by atoms with Gasteiger partial charge in [0.25, 0.3) is 0 Å². The molecule has 26 heavy (non-hydrogen) atoms. The summed E-state index contributed by atoms with van der Waals surface area (Å²) in [7, 11) is 0. The number of rotatable bonds is 7. The third kappa shape index (κ3) is 4.43. The first-order valence-corrected chi connectivity index (χ1v) is 9.03. The molecule has 3 aromatic rings. The molecule has 0 saturated carbocycles. The zero-order chi connectivity index (χ0) is 17.0. The van der Waals surface area contributed by atoms with E-state index in [1.54, 1.807) is 0 Å². The van der Waals surface area contributed by atoms with Crippen molar-refractivity contribution in [3.63, 3.8) is 0 Å². The summed E-state index contributed by atoms with van der Waals surface area (Å²) in [5.74, 6) is 0. The average molecular weight is 393 g/mol. The summed E-state index contributed by atoms with van der Waals surface area (Å²) in [5.41, 5.74) is 2.63. The van der Waals surface area contributed by atoms with Crippen LogP contribution in [0.2, 0.25) is 0 Å². The number of hydrogen-bond acceptors (Lipinski definition) is 1. The fraction of sp³-hybridized carbons (Fsp3) is 0.364. The smallest absolute Gasteiger partial charge is 0.0680 e. The normalized spacial score (nSPS) is 13.1. The molecule has 2 aromatic carbocycles. The highest BCUT2D eigenvalue weighted by molar-refractivity contribution is 5.85. The van der Waals surface area contributed by atoms with Crippen LogP contribution in [0.5, 0.6) is 0 Å². The largest absolute Gasteiger partial charge is 0.337 e. The molecular formula is C22H30Cl2N2. The maximum atomic E-state index is 2.51. The first-order chi connectivity index (χ1) is 11.7. The molecule has 0 N–H and O–H groups in total. The third-order valence-corrected chi connectivity index (χ3v) is 5.34. The van der Waals surface area contributed by atoms with Crippen molar-refractivity contribution in [3.05, 3.63) is 72.4 Å². The van der Waals surface area contributed by atoms with Gasteiger partial charge >= 0.3 is 0 Å². The molecule has 0 spiro atoms. The minimum atomic E-state index is -0.0487. The Bertz CT molecular complexity index is 781. The van der Waals surface area contributed by atoms with E-state index in [1.165, 1.54) is 16.5 Å². The van der Waals surface area contributed by atoms with Gasteiger partial charge in [0.2, 0.25) is 0 Å². The molecule has 4 heteroatoms. The SMILES string of the molecule is CCN(CC)CCC(C)(c1ccccc1)n1ccc2ccccc21.Cl.Cl. The molecule has 142 valence electrons. The quantitative estimate of drug-likeness (QED) is 0.479. The van der Waals surface area contributed by atoms with Gasteiger partial charge in [0.1, 0.15) is 0 Å². The molecule has 0 aliphatic heterocycles. The summed E-state index contributed by atoms with van der Waals surface area (Å²) >= 11 is 0. The predicted octanol–water partition coefficient (Wildman–Crippen LogP) is 5.98. The first-order valence-electron chi connectivity index (χ1n) is 9.03. The molecule has 3 rings (SSSR count). The van der Waals surface area contributed by atoms with Crippen LogP contribution in [0.1, 0.15) is 32.8 Å². The van der Waals surface area contributed by atoms with E-state index in [9.17, 15) is 0 Å². The zero-order valence-electron chi connectivity index (χ0n) is 15.9. The van der Waals surface area contributed by atoms with Gasteiger partial charge in [-0.05, 0) is 49.5 Å². The lowest BCUT2D eigenvalue weighted by Gasteiger charge is -2.35. The lowest BCUT2D eigenvalue weighted by Crippen LogP contribution is -2.36. The third-order valence-electron chi connectivity index (χ3n) is 5.34. The molecule has 1 unspecified atom stereocenters. The van der Waals surface area contributed by atoms with Crippen molar-refractivity contribution in [2.45, 2.75) is 32.7 Å². The van der Waals surface area contributed by atoms with Crippen LogP contribution in [0.4, 0.5) is 0 Å². The van der Waals surface area contributed by atoms with E-state index in [0.29, 0.717) is 0 Å². The van der Waals surface area contributed by atoms with Crippen LogP contribution in [-0.4, -0.2) is 29.1 Å². The summed E-state index contributed by atoms with van der Waals surface area (Å²) in [5, 5.41) is 1.31. The van der Waals surface area contributed by atoms with Crippen LogP contribution in [0.15, 0.2) is 66.9 Å². The Morgan fingerprint density at radius 2 is 1.46 bits per heavy atom. The Kier molecular flexibility index (Phi) is 8.69. The molecule has 0 bridgehead atoms. The van der Waals surface area contributed by atoms with Crippen molar-refractivity contribution in [2.75, 3.05) is 19.6 Å². The second-order valence-corrected chi connectivity index (χ2v) is 6.66. The van der Waals surface area contributed by atoms with E-state index in [2.05, 4.69) is 97.1 Å². The minimum Gasteiger partial charge on any atom is -0.337 e. The highest BCUT2D eigenvalue weighted by Crippen LogP contribution is 2.33. The zero-order valence-corrected chi connectivity index (χ0v) is 17.5. The monoisotopic (exact) mass is 392 g/mol. The molecule has 0 aliphatic rings. The fourth-order valence-electron chi connectivity index (χ4n) is 3.63. The summed E-state index contributed by atoms with van der Waals surface area (Å²) in [6.07, 6.45) is 3.34. The summed E-state index contributed by atoms with van der Waals surface area (Å²) in [4.78, 5) is 2.51. The Morgan fingerprint density at radius 3 is 2.12 bits per heavy atom. The average Bonchev–Trinajstić information content (AvgIpc) is 3.08. The van der Waals surface area contributed by atoms with Gasteiger partial charge in [0.05, 0.1) is 5.54 Å². The molecule has 0 aliphatic carbocycles. The lowest BCUT2D eigenvalue weighted by atomic mass is 9.87. The Labute approximate surface area is 170 Å². The summed E-state index contributed by atoms with van der Waals surface area (Å²) in [6.45, 7) is 10.2. The number of benzene rings is 2. The molecule has 0 saturated heterocycles. The Hall–Kier alpha value is -1.48. The van der Waals surface area contributed by atoms with Gasteiger partial charge < -0.3 is 9.47 Å². The van der Waals surface area contributed by atoms with E-state index in [0.717, 1.165) is 26.1 Å². The van der Waals surface area contributed by atoms with Crippen LogP contribution in [-0.2, 0) is 5.54 Å². The van der Waals surface area contributed by atoms with Crippen molar-refractivity contribution in [2.24, 2.45) is 0 Å². The Balaban J connectivity index is 0.00000169. The van der Waals surface area contributed by atoms with Gasteiger partial charge in [-0.15, -0.1) is 24.8 Å². The standard InChI is InChI=1S/C22H28N2.2ClH/c1-4-23(5-2)18-16-22(3,20-12-7-6-8-13-20)24-17-15-19-11-9-10-14-21(19)24;;/h6-15,17H,4-5,16,18H2,1-3H3;2*1H. The fourth-order valence-corrected chi connectivity index (χ4v) is 3.63. The van der Waals surface area contributed by atoms with Crippen molar-refractivity contribution in [3.8, 4) is 0 Å². The van der Waals surface area contributed by atoms with E-state index in [1.807, 2.05) is 0 Å². The van der Waals surface area contributed by atoms with E-state index < -0.39 is 0 Å². The van der Waals surface area contributed by atoms with Crippen LogP contribution in [0.3, 0.4) is 0 Å². The van der Waals surface area contributed by atoms with Crippen molar-refractivity contribution < 1.29 is 0 Å². The summed E-state index contributed by atoms with van der Waals surface area (Å²) in [6, 6.07) is 21.8.